The lowest BCUT2D eigenvalue weighted by Gasteiger charge is -2.19. The smallest absolute Gasteiger partial charge is 0.239 e. The van der Waals surface area contributed by atoms with E-state index in [-0.39, 0.29) is 11.9 Å². The van der Waals surface area contributed by atoms with Crippen LogP contribution < -0.4 is 21.5 Å². The minimum absolute atomic E-state index is 0.0424. The SMILES string of the molecule is CNC(=O)CCN(C)c1nc(NN)ncc1Cl. The summed E-state index contributed by atoms with van der Waals surface area (Å²) in [4.78, 5) is 20.9. The van der Waals surface area contributed by atoms with Crippen molar-refractivity contribution in [2.45, 2.75) is 6.42 Å². The summed E-state index contributed by atoms with van der Waals surface area (Å²) in [6.45, 7) is 0.500. The monoisotopic (exact) mass is 258 g/mol. The molecule has 7 nitrogen and oxygen atoms in total. The Balaban J connectivity index is 2.73. The summed E-state index contributed by atoms with van der Waals surface area (Å²) < 4.78 is 0. The van der Waals surface area contributed by atoms with Crippen molar-refractivity contribution in [3.63, 3.8) is 0 Å². The lowest BCUT2D eigenvalue weighted by molar-refractivity contribution is -0.120. The van der Waals surface area contributed by atoms with Crippen LogP contribution in [0.4, 0.5) is 11.8 Å². The summed E-state index contributed by atoms with van der Waals surface area (Å²) in [5, 5.41) is 2.95. The van der Waals surface area contributed by atoms with Gasteiger partial charge in [-0.25, -0.2) is 10.8 Å². The molecule has 0 fully saturated rings. The molecule has 0 aliphatic heterocycles. The van der Waals surface area contributed by atoms with Crippen LogP contribution in [-0.2, 0) is 4.79 Å². The highest BCUT2D eigenvalue weighted by Gasteiger charge is 2.11. The number of nitrogens with zero attached hydrogens (tertiary/aromatic N) is 3. The number of halogens is 1. The number of hydrogen-bond donors (Lipinski definition) is 3. The largest absolute Gasteiger partial charge is 0.359 e. The molecule has 8 heteroatoms. The van der Waals surface area contributed by atoms with Crippen molar-refractivity contribution >= 4 is 29.3 Å². The fourth-order valence-corrected chi connectivity index (χ4v) is 1.43. The van der Waals surface area contributed by atoms with Crippen molar-refractivity contribution in [1.29, 1.82) is 0 Å². The zero-order chi connectivity index (χ0) is 12.8. The van der Waals surface area contributed by atoms with Gasteiger partial charge >= 0.3 is 0 Å². The minimum Gasteiger partial charge on any atom is -0.359 e. The summed E-state index contributed by atoms with van der Waals surface area (Å²) in [6.07, 6.45) is 1.81. The molecule has 0 aliphatic carbocycles. The van der Waals surface area contributed by atoms with Gasteiger partial charge in [0.1, 0.15) is 5.02 Å². The van der Waals surface area contributed by atoms with E-state index in [1.807, 2.05) is 0 Å². The van der Waals surface area contributed by atoms with Gasteiger partial charge in [0.2, 0.25) is 11.9 Å². The second-order valence-corrected chi connectivity index (χ2v) is 3.76. The summed E-state index contributed by atoms with van der Waals surface area (Å²) in [5.41, 5.74) is 2.34. The third-order valence-electron chi connectivity index (χ3n) is 2.17. The molecule has 0 atom stereocenters. The second-order valence-electron chi connectivity index (χ2n) is 3.35. The Labute approximate surface area is 104 Å². The lowest BCUT2D eigenvalue weighted by atomic mass is 10.3. The maximum Gasteiger partial charge on any atom is 0.239 e. The van der Waals surface area contributed by atoms with E-state index in [4.69, 9.17) is 17.4 Å². The Bertz CT molecular complexity index is 399. The van der Waals surface area contributed by atoms with Crippen LogP contribution in [0.3, 0.4) is 0 Å². The Hall–Kier alpha value is -1.60. The van der Waals surface area contributed by atoms with E-state index < -0.39 is 0 Å². The standard InChI is InChI=1S/C9H15ClN6O/c1-12-7(17)3-4-16(2)8-6(10)5-13-9(14-8)15-11/h5H,3-4,11H2,1-2H3,(H,12,17)(H,13,14,15). The average Bonchev–Trinajstić information content (AvgIpc) is 2.36. The number of hydrazine groups is 1. The first-order valence-corrected chi connectivity index (χ1v) is 5.37. The maximum atomic E-state index is 11.1. The van der Waals surface area contributed by atoms with E-state index in [9.17, 15) is 4.79 Å². The van der Waals surface area contributed by atoms with Gasteiger partial charge in [0, 0.05) is 27.1 Å². The quantitative estimate of drug-likeness (QED) is 0.508. The molecule has 1 rings (SSSR count). The number of amides is 1. The summed E-state index contributed by atoms with van der Waals surface area (Å²) in [7, 11) is 3.38. The number of hydrogen-bond acceptors (Lipinski definition) is 6. The van der Waals surface area contributed by atoms with E-state index in [1.165, 1.54) is 6.20 Å². The van der Waals surface area contributed by atoms with Gasteiger partial charge in [-0.2, -0.15) is 4.98 Å². The van der Waals surface area contributed by atoms with Gasteiger partial charge in [0.15, 0.2) is 5.82 Å². The molecule has 94 valence electrons. The molecule has 4 N–H and O–H groups in total. The fraction of sp³-hybridized carbons (Fsp3) is 0.444. The topological polar surface area (TPSA) is 96.2 Å². The summed E-state index contributed by atoms with van der Waals surface area (Å²) >= 11 is 5.96. The molecule has 1 aromatic rings. The molecule has 0 bridgehead atoms. The fourth-order valence-electron chi connectivity index (χ4n) is 1.20. The van der Waals surface area contributed by atoms with E-state index in [1.54, 1.807) is 19.0 Å². The Kier molecular flexibility index (Phi) is 4.92. The molecule has 1 amide bonds. The number of carbonyl (C=O) groups excluding carboxylic acids is 1. The molecule has 0 aromatic carbocycles. The molecular weight excluding hydrogens is 244 g/mol. The molecule has 0 radical (unpaired) electrons. The number of rotatable bonds is 5. The predicted molar refractivity (Wildman–Crippen MR) is 66.8 cm³/mol. The first-order valence-electron chi connectivity index (χ1n) is 4.99. The Morgan fingerprint density at radius 3 is 2.94 bits per heavy atom. The third-order valence-corrected chi connectivity index (χ3v) is 2.44. The molecule has 0 saturated heterocycles. The molecule has 0 spiro atoms. The van der Waals surface area contributed by atoms with Crippen molar-refractivity contribution in [3.8, 4) is 0 Å². The average molecular weight is 259 g/mol. The highest BCUT2D eigenvalue weighted by atomic mass is 35.5. The highest BCUT2D eigenvalue weighted by Crippen LogP contribution is 2.22. The number of nitrogen functional groups attached to an aromatic ring is 1. The van der Waals surface area contributed by atoms with Crippen molar-refractivity contribution < 1.29 is 4.79 Å². The van der Waals surface area contributed by atoms with Crippen LogP contribution in [-0.4, -0.2) is 36.5 Å². The molecule has 0 aliphatic rings. The van der Waals surface area contributed by atoms with E-state index in [0.717, 1.165) is 0 Å². The van der Waals surface area contributed by atoms with E-state index in [2.05, 4.69) is 20.7 Å². The van der Waals surface area contributed by atoms with Gasteiger partial charge in [0.05, 0.1) is 6.20 Å². The van der Waals surface area contributed by atoms with Crippen molar-refractivity contribution in [3.05, 3.63) is 11.2 Å². The highest BCUT2D eigenvalue weighted by molar-refractivity contribution is 6.32. The van der Waals surface area contributed by atoms with Crippen LogP contribution in [0.1, 0.15) is 6.42 Å². The van der Waals surface area contributed by atoms with Gasteiger partial charge < -0.3 is 10.2 Å². The zero-order valence-electron chi connectivity index (χ0n) is 9.70. The predicted octanol–water partition coefficient (Wildman–Crippen LogP) is -0.0121. The van der Waals surface area contributed by atoms with Crippen LogP contribution in [0, 0.1) is 0 Å². The molecule has 1 aromatic heterocycles. The first-order chi connectivity index (χ1) is 8.08. The normalized spacial score (nSPS) is 9.88. The number of anilines is 2. The van der Waals surface area contributed by atoms with Gasteiger partial charge in [-0.1, -0.05) is 11.6 Å². The summed E-state index contributed by atoms with van der Waals surface area (Å²) in [5.74, 6) is 5.97. The van der Waals surface area contributed by atoms with Crippen molar-refractivity contribution in [2.24, 2.45) is 5.84 Å². The second kappa shape index (κ2) is 6.21. The number of nitrogens with two attached hydrogens (primary N) is 1. The molecule has 0 saturated carbocycles. The number of nitrogens with one attached hydrogen (secondary N) is 2. The van der Waals surface area contributed by atoms with Crippen molar-refractivity contribution in [2.75, 3.05) is 31.0 Å². The van der Waals surface area contributed by atoms with Gasteiger partial charge in [-0.05, 0) is 0 Å². The van der Waals surface area contributed by atoms with Crippen LogP contribution in [0.2, 0.25) is 5.02 Å². The first kappa shape index (κ1) is 13.5. The molecule has 1 heterocycles. The number of aromatic nitrogens is 2. The third kappa shape index (κ3) is 3.72. The van der Waals surface area contributed by atoms with Gasteiger partial charge in [0.25, 0.3) is 0 Å². The zero-order valence-corrected chi connectivity index (χ0v) is 10.5. The Morgan fingerprint density at radius 1 is 1.65 bits per heavy atom. The van der Waals surface area contributed by atoms with Crippen LogP contribution in [0.15, 0.2) is 6.20 Å². The number of carbonyl (C=O) groups is 1. The van der Waals surface area contributed by atoms with Crippen LogP contribution in [0.5, 0.6) is 0 Å². The van der Waals surface area contributed by atoms with E-state index >= 15 is 0 Å². The van der Waals surface area contributed by atoms with Crippen LogP contribution in [0.25, 0.3) is 0 Å². The van der Waals surface area contributed by atoms with E-state index in [0.29, 0.717) is 23.8 Å². The molecule has 17 heavy (non-hydrogen) atoms. The lowest BCUT2D eigenvalue weighted by Crippen LogP contribution is -2.27. The Morgan fingerprint density at radius 2 is 2.35 bits per heavy atom. The van der Waals surface area contributed by atoms with Crippen LogP contribution >= 0.6 is 11.6 Å². The molecular formula is C9H15ClN6O. The molecule has 0 unspecified atom stereocenters. The minimum atomic E-state index is -0.0424. The van der Waals surface area contributed by atoms with Gasteiger partial charge in [-0.3, -0.25) is 10.2 Å². The summed E-state index contributed by atoms with van der Waals surface area (Å²) in [6, 6.07) is 0. The maximum absolute atomic E-state index is 11.1. The van der Waals surface area contributed by atoms with Crippen molar-refractivity contribution in [1.82, 2.24) is 15.3 Å². The van der Waals surface area contributed by atoms with Gasteiger partial charge in [-0.15, -0.1) is 0 Å².